The molecule has 0 fully saturated rings. The van der Waals surface area contributed by atoms with Gasteiger partial charge in [0.2, 0.25) is 10.0 Å². The van der Waals surface area contributed by atoms with Crippen LogP contribution in [-0.2, 0) is 14.8 Å². The number of rotatable bonds is 9. The third-order valence-corrected chi connectivity index (χ3v) is 6.72. The smallest absolute Gasteiger partial charge is 0.322 e. The van der Waals surface area contributed by atoms with Crippen LogP contribution in [-0.4, -0.2) is 42.4 Å². The molecule has 1 amide bonds. The lowest BCUT2D eigenvalue weighted by atomic mass is 10.0. The number of hydrogen-bond donors (Lipinski definition) is 4. The van der Waals surface area contributed by atoms with Crippen molar-refractivity contribution in [2.75, 3.05) is 5.32 Å². The van der Waals surface area contributed by atoms with Crippen molar-refractivity contribution in [3.63, 3.8) is 0 Å². The molecule has 3 aromatic carbocycles. The molecule has 3 rings (SSSR count). The number of carbonyl (C=O) groups is 2. The molecule has 0 saturated heterocycles. The highest BCUT2D eigenvalue weighted by Crippen LogP contribution is 2.16. The average molecular weight is 496 g/mol. The molecule has 0 heterocycles. The topological polar surface area (TPSA) is 145 Å². The Morgan fingerprint density at radius 1 is 0.857 bits per heavy atom. The number of sulfonamides is 1. The van der Waals surface area contributed by atoms with Gasteiger partial charge in [0.15, 0.2) is 0 Å². The summed E-state index contributed by atoms with van der Waals surface area (Å²) in [7, 11) is -4.12. The molecule has 9 nitrogen and oxygen atoms in total. The van der Waals surface area contributed by atoms with Crippen LogP contribution < -0.4 is 10.0 Å². The summed E-state index contributed by atoms with van der Waals surface area (Å²) in [6.07, 6.45) is -0.411. The number of aliphatic carboxylic acids is 1. The summed E-state index contributed by atoms with van der Waals surface area (Å²) >= 11 is 0. The second-order valence-electron chi connectivity index (χ2n) is 7.97. The molecule has 0 aliphatic heterocycles. The number of carboxylic acids is 1. The summed E-state index contributed by atoms with van der Waals surface area (Å²) < 4.78 is 27.4. The van der Waals surface area contributed by atoms with Crippen LogP contribution in [0.4, 0.5) is 5.69 Å². The van der Waals surface area contributed by atoms with E-state index >= 15 is 0 Å². The number of carboxylic acid groups (broad SMARTS) is 1. The number of hydrogen-bond acceptors (Lipinski definition) is 6. The molecule has 0 aliphatic carbocycles. The molecular formula is C25H25N3O6S. The SMILES string of the molecule is Cc1ccc(C(=O)Nc2ccc(/C(CC(NS(=O)(=O)c3ccc(C)cc3)C(=O)O)=N\O)cc2)cc1. The molecule has 0 spiro atoms. The molecule has 182 valence electrons. The van der Waals surface area contributed by atoms with Gasteiger partial charge in [0.05, 0.1) is 10.6 Å². The fraction of sp³-hybridized carbons (Fsp3) is 0.160. The quantitative estimate of drug-likeness (QED) is 0.203. The maximum absolute atomic E-state index is 12.6. The summed E-state index contributed by atoms with van der Waals surface area (Å²) in [5.41, 5.74) is 3.17. The van der Waals surface area contributed by atoms with E-state index in [1.54, 1.807) is 43.3 Å². The standard InChI is InChI=1S/C25H25N3O6S/c1-16-3-7-19(8-4-16)24(29)26-20-11-9-18(10-12-20)22(27-32)15-23(25(30)31)28-35(33,34)21-13-5-17(2)6-14-21/h3-14,23,28,32H,15H2,1-2H3,(H,26,29)(H,30,31)/b27-22-. The number of amides is 1. The van der Waals surface area contributed by atoms with Crippen LogP contribution in [0.1, 0.15) is 33.5 Å². The van der Waals surface area contributed by atoms with Gasteiger partial charge < -0.3 is 15.6 Å². The molecule has 3 aromatic rings. The van der Waals surface area contributed by atoms with E-state index in [0.29, 0.717) is 16.8 Å². The maximum Gasteiger partial charge on any atom is 0.322 e. The van der Waals surface area contributed by atoms with Crippen molar-refractivity contribution >= 4 is 33.3 Å². The molecular weight excluding hydrogens is 470 g/mol. The number of carbonyl (C=O) groups excluding carboxylic acids is 1. The fourth-order valence-corrected chi connectivity index (χ4v) is 4.41. The number of nitrogens with one attached hydrogen (secondary N) is 2. The molecule has 1 atom stereocenters. The van der Waals surface area contributed by atoms with Gasteiger partial charge in [-0.05, 0) is 55.8 Å². The third-order valence-electron chi connectivity index (χ3n) is 5.23. The monoisotopic (exact) mass is 495 g/mol. The van der Waals surface area contributed by atoms with Crippen LogP contribution in [0.25, 0.3) is 0 Å². The van der Waals surface area contributed by atoms with Crippen molar-refractivity contribution in [1.29, 1.82) is 0 Å². The Morgan fingerprint density at radius 2 is 1.37 bits per heavy atom. The van der Waals surface area contributed by atoms with Gasteiger partial charge in [-0.3, -0.25) is 9.59 Å². The first-order chi connectivity index (χ1) is 16.6. The maximum atomic E-state index is 12.6. The third kappa shape index (κ3) is 6.75. The minimum absolute atomic E-state index is 0.0413. The number of anilines is 1. The van der Waals surface area contributed by atoms with Crippen molar-refractivity contribution in [3.05, 3.63) is 95.1 Å². The van der Waals surface area contributed by atoms with Crippen molar-refractivity contribution in [2.24, 2.45) is 5.16 Å². The van der Waals surface area contributed by atoms with E-state index in [1.807, 2.05) is 19.1 Å². The largest absolute Gasteiger partial charge is 0.480 e. The van der Waals surface area contributed by atoms with Gasteiger partial charge in [0, 0.05) is 17.7 Å². The molecule has 35 heavy (non-hydrogen) atoms. The van der Waals surface area contributed by atoms with Crippen LogP contribution in [0.2, 0.25) is 0 Å². The van der Waals surface area contributed by atoms with E-state index in [2.05, 4.69) is 15.2 Å². The van der Waals surface area contributed by atoms with Gasteiger partial charge in [0.1, 0.15) is 6.04 Å². The molecule has 0 aromatic heterocycles. The molecule has 10 heteroatoms. The first-order valence-electron chi connectivity index (χ1n) is 10.6. The van der Waals surface area contributed by atoms with E-state index in [9.17, 15) is 28.3 Å². The van der Waals surface area contributed by atoms with Crippen LogP contribution >= 0.6 is 0 Å². The van der Waals surface area contributed by atoms with E-state index in [4.69, 9.17) is 0 Å². The molecule has 0 aliphatic rings. The summed E-state index contributed by atoms with van der Waals surface area (Å²) in [4.78, 5) is 24.1. The Kier molecular flexibility index (Phi) is 8.00. The Labute approximate surface area is 203 Å². The number of aryl methyl sites for hydroxylation is 2. The summed E-state index contributed by atoms with van der Waals surface area (Å²) in [5.74, 6) is -1.73. The first kappa shape index (κ1) is 25.6. The van der Waals surface area contributed by atoms with Crippen LogP contribution in [0.15, 0.2) is 82.8 Å². The van der Waals surface area contributed by atoms with Gasteiger partial charge in [-0.25, -0.2) is 8.42 Å². The summed E-state index contributed by atoms with van der Waals surface area (Å²) in [6, 6.07) is 17.7. The molecule has 0 bridgehead atoms. The van der Waals surface area contributed by atoms with Gasteiger partial charge in [0.25, 0.3) is 5.91 Å². The predicted molar refractivity (Wildman–Crippen MR) is 131 cm³/mol. The zero-order valence-electron chi connectivity index (χ0n) is 19.1. The van der Waals surface area contributed by atoms with Crippen LogP contribution in [0.5, 0.6) is 0 Å². The molecule has 1 unspecified atom stereocenters. The number of benzene rings is 3. The highest BCUT2D eigenvalue weighted by molar-refractivity contribution is 7.89. The predicted octanol–water partition coefficient (Wildman–Crippen LogP) is 3.56. The number of nitrogens with zero attached hydrogens (tertiary/aromatic N) is 1. The highest BCUT2D eigenvalue weighted by Gasteiger charge is 2.27. The normalized spacial score (nSPS) is 12.7. The van der Waals surface area contributed by atoms with E-state index < -0.39 is 28.5 Å². The van der Waals surface area contributed by atoms with Gasteiger partial charge >= 0.3 is 5.97 Å². The van der Waals surface area contributed by atoms with Crippen LogP contribution in [0.3, 0.4) is 0 Å². The molecule has 4 N–H and O–H groups in total. The number of oxime groups is 1. The summed E-state index contributed by atoms with van der Waals surface area (Å²) in [5, 5.41) is 25.0. The van der Waals surface area contributed by atoms with Crippen LogP contribution in [0, 0.1) is 13.8 Å². The zero-order chi connectivity index (χ0) is 25.6. The average Bonchev–Trinajstić information content (AvgIpc) is 2.83. The highest BCUT2D eigenvalue weighted by atomic mass is 32.2. The second kappa shape index (κ2) is 10.9. The van der Waals surface area contributed by atoms with Gasteiger partial charge in [-0.15, -0.1) is 0 Å². The van der Waals surface area contributed by atoms with E-state index in [1.165, 1.54) is 24.3 Å². The lowest BCUT2D eigenvalue weighted by Crippen LogP contribution is -2.42. The van der Waals surface area contributed by atoms with Crippen molar-refractivity contribution < 1.29 is 28.3 Å². The van der Waals surface area contributed by atoms with Crippen molar-refractivity contribution in [3.8, 4) is 0 Å². The lowest BCUT2D eigenvalue weighted by Gasteiger charge is -2.16. The Morgan fingerprint density at radius 3 is 1.89 bits per heavy atom. The zero-order valence-corrected chi connectivity index (χ0v) is 19.9. The lowest BCUT2D eigenvalue weighted by molar-refractivity contribution is -0.138. The Hall–Kier alpha value is -4.02. The molecule has 0 saturated carbocycles. The van der Waals surface area contributed by atoms with E-state index in [-0.39, 0.29) is 16.5 Å². The second-order valence-corrected chi connectivity index (χ2v) is 9.69. The van der Waals surface area contributed by atoms with Gasteiger partial charge in [-0.1, -0.05) is 52.7 Å². The van der Waals surface area contributed by atoms with Crippen molar-refractivity contribution in [1.82, 2.24) is 4.72 Å². The Balaban J connectivity index is 1.72. The molecule has 0 radical (unpaired) electrons. The fourth-order valence-electron chi connectivity index (χ4n) is 3.22. The minimum Gasteiger partial charge on any atom is -0.480 e. The van der Waals surface area contributed by atoms with E-state index in [0.717, 1.165) is 11.1 Å². The minimum atomic E-state index is -4.12. The first-order valence-corrected chi connectivity index (χ1v) is 12.1. The summed E-state index contributed by atoms with van der Waals surface area (Å²) in [6.45, 7) is 3.72. The Bertz CT molecular complexity index is 1330. The van der Waals surface area contributed by atoms with Gasteiger partial charge in [-0.2, -0.15) is 4.72 Å². The van der Waals surface area contributed by atoms with Crippen molar-refractivity contribution in [2.45, 2.75) is 31.2 Å².